The lowest BCUT2D eigenvalue weighted by Crippen LogP contribution is -2.52. The van der Waals surface area contributed by atoms with E-state index >= 15 is 0 Å². The summed E-state index contributed by atoms with van der Waals surface area (Å²) < 4.78 is 0. The number of piperidine rings is 1. The summed E-state index contributed by atoms with van der Waals surface area (Å²) >= 11 is 0. The molecule has 2 atom stereocenters. The van der Waals surface area contributed by atoms with E-state index in [1.165, 1.54) is 45.4 Å². The molecule has 2 fully saturated rings. The topological polar surface area (TPSA) is 6.48 Å². The van der Waals surface area contributed by atoms with Gasteiger partial charge in [-0.2, -0.15) is 0 Å². The van der Waals surface area contributed by atoms with Gasteiger partial charge in [-0.1, -0.05) is 20.8 Å². The predicted octanol–water partition coefficient (Wildman–Crippen LogP) is 2.70. The Labute approximate surface area is 107 Å². The zero-order chi connectivity index (χ0) is 12.7. The maximum atomic E-state index is 2.73. The zero-order valence-corrected chi connectivity index (χ0v) is 12.4. The first-order valence-corrected chi connectivity index (χ1v) is 7.22. The molecule has 1 saturated heterocycles. The molecule has 0 aromatic rings. The molecule has 2 nitrogen and oxygen atoms in total. The first kappa shape index (κ1) is 13.4. The Morgan fingerprint density at radius 2 is 1.94 bits per heavy atom. The molecule has 2 unspecified atom stereocenters. The third-order valence-electron chi connectivity index (χ3n) is 5.75. The first-order valence-electron chi connectivity index (χ1n) is 7.22. The van der Waals surface area contributed by atoms with Gasteiger partial charge in [0, 0.05) is 13.1 Å². The van der Waals surface area contributed by atoms with Crippen molar-refractivity contribution >= 4 is 0 Å². The lowest BCUT2D eigenvalue weighted by molar-refractivity contribution is -0.0182. The molecule has 2 bridgehead atoms. The summed E-state index contributed by atoms with van der Waals surface area (Å²) in [4.78, 5) is 5.02. The van der Waals surface area contributed by atoms with Crippen LogP contribution in [0.3, 0.4) is 0 Å². The third kappa shape index (κ3) is 2.39. The molecule has 17 heavy (non-hydrogen) atoms. The van der Waals surface area contributed by atoms with Crippen molar-refractivity contribution in [1.29, 1.82) is 0 Å². The molecule has 0 spiro atoms. The van der Waals surface area contributed by atoms with Gasteiger partial charge in [0.1, 0.15) is 0 Å². The Hall–Kier alpha value is -0.0800. The molecule has 0 aromatic carbocycles. The van der Waals surface area contributed by atoms with Crippen LogP contribution in [0.2, 0.25) is 0 Å². The molecule has 1 aliphatic carbocycles. The summed E-state index contributed by atoms with van der Waals surface area (Å²) in [7, 11) is 4.34. The number of likely N-dealkylation sites (tertiary alicyclic amines) is 1. The van der Waals surface area contributed by atoms with E-state index in [9.17, 15) is 0 Å². The fourth-order valence-electron chi connectivity index (χ4n) is 3.92. The number of hydrogen-bond acceptors (Lipinski definition) is 2. The van der Waals surface area contributed by atoms with Crippen molar-refractivity contribution in [2.24, 2.45) is 16.7 Å². The SMILES string of the molecule is CN(C)CCCN1CC2CCC(C)(C1)C2(C)C. The van der Waals surface area contributed by atoms with E-state index in [-0.39, 0.29) is 0 Å². The van der Waals surface area contributed by atoms with Crippen molar-refractivity contribution in [1.82, 2.24) is 9.80 Å². The first-order chi connectivity index (χ1) is 7.85. The molecule has 2 aliphatic rings. The van der Waals surface area contributed by atoms with Crippen LogP contribution in [-0.2, 0) is 0 Å². The standard InChI is InChI=1S/C15H30N2/c1-14(2)13-7-8-15(14,3)12-17(11-13)10-6-9-16(4)5/h13H,6-12H2,1-5H3. The third-order valence-corrected chi connectivity index (χ3v) is 5.75. The summed E-state index contributed by atoms with van der Waals surface area (Å²) in [6, 6.07) is 0. The monoisotopic (exact) mass is 238 g/mol. The van der Waals surface area contributed by atoms with Gasteiger partial charge >= 0.3 is 0 Å². The van der Waals surface area contributed by atoms with E-state index in [1.807, 2.05) is 0 Å². The highest BCUT2D eigenvalue weighted by Crippen LogP contribution is 2.58. The van der Waals surface area contributed by atoms with Gasteiger partial charge in [0.25, 0.3) is 0 Å². The van der Waals surface area contributed by atoms with Crippen molar-refractivity contribution in [2.45, 2.75) is 40.0 Å². The van der Waals surface area contributed by atoms with Crippen molar-refractivity contribution in [3.05, 3.63) is 0 Å². The molecule has 0 aromatic heterocycles. The van der Waals surface area contributed by atoms with Crippen molar-refractivity contribution in [2.75, 3.05) is 40.3 Å². The van der Waals surface area contributed by atoms with Gasteiger partial charge in [-0.15, -0.1) is 0 Å². The van der Waals surface area contributed by atoms with Gasteiger partial charge in [-0.3, -0.25) is 0 Å². The Balaban J connectivity index is 1.90. The van der Waals surface area contributed by atoms with E-state index in [4.69, 9.17) is 0 Å². The van der Waals surface area contributed by atoms with Crippen LogP contribution >= 0.6 is 0 Å². The molecule has 1 aliphatic heterocycles. The average Bonchev–Trinajstić information content (AvgIpc) is 2.38. The fraction of sp³-hybridized carbons (Fsp3) is 1.00. The second-order valence-electron chi connectivity index (χ2n) is 7.41. The molecular formula is C15H30N2. The van der Waals surface area contributed by atoms with Crippen molar-refractivity contribution < 1.29 is 0 Å². The molecular weight excluding hydrogens is 208 g/mol. The summed E-state index contributed by atoms with van der Waals surface area (Å²) in [6.07, 6.45) is 4.21. The second kappa shape index (κ2) is 4.55. The lowest BCUT2D eigenvalue weighted by atomic mass is 9.63. The summed E-state index contributed by atoms with van der Waals surface area (Å²) in [5.41, 5.74) is 1.12. The largest absolute Gasteiger partial charge is 0.309 e. The quantitative estimate of drug-likeness (QED) is 0.743. The van der Waals surface area contributed by atoms with Gasteiger partial charge in [0.2, 0.25) is 0 Å². The van der Waals surface area contributed by atoms with Crippen molar-refractivity contribution in [3.8, 4) is 0 Å². The number of nitrogens with zero attached hydrogens (tertiary/aromatic N) is 2. The highest BCUT2D eigenvalue weighted by molar-refractivity contribution is 5.05. The van der Waals surface area contributed by atoms with E-state index in [2.05, 4.69) is 44.7 Å². The molecule has 0 amide bonds. The van der Waals surface area contributed by atoms with Crippen LogP contribution in [0.5, 0.6) is 0 Å². The minimum absolute atomic E-state index is 0.561. The normalized spacial score (nSPS) is 36.7. The summed E-state index contributed by atoms with van der Waals surface area (Å²) in [5.74, 6) is 0.931. The van der Waals surface area contributed by atoms with Crippen LogP contribution < -0.4 is 0 Å². The Morgan fingerprint density at radius 3 is 2.53 bits per heavy atom. The van der Waals surface area contributed by atoms with Gasteiger partial charge in [-0.05, 0) is 63.2 Å². The summed E-state index contributed by atoms with van der Waals surface area (Å²) in [6.45, 7) is 12.7. The number of fused-ring (bicyclic) bond motifs is 2. The highest BCUT2D eigenvalue weighted by atomic mass is 15.2. The maximum Gasteiger partial charge on any atom is 0.00407 e. The molecule has 2 rings (SSSR count). The number of hydrogen-bond donors (Lipinski definition) is 0. The van der Waals surface area contributed by atoms with E-state index in [0.717, 1.165) is 5.92 Å². The van der Waals surface area contributed by atoms with Gasteiger partial charge in [-0.25, -0.2) is 0 Å². The summed E-state index contributed by atoms with van der Waals surface area (Å²) in [5, 5.41) is 0. The van der Waals surface area contributed by atoms with Crippen LogP contribution in [0.1, 0.15) is 40.0 Å². The Morgan fingerprint density at radius 1 is 1.24 bits per heavy atom. The second-order valence-corrected chi connectivity index (χ2v) is 7.41. The molecule has 100 valence electrons. The predicted molar refractivity (Wildman–Crippen MR) is 74.2 cm³/mol. The lowest BCUT2D eigenvalue weighted by Gasteiger charge is -2.50. The minimum atomic E-state index is 0.561. The molecule has 0 radical (unpaired) electrons. The fourth-order valence-corrected chi connectivity index (χ4v) is 3.92. The van der Waals surface area contributed by atoms with E-state index in [0.29, 0.717) is 10.8 Å². The van der Waals surface area contributed by atoms with Crippen LogP contribution in [0.25, 0.3) is 0 Å². The number of rotatable bonds is 4. The van der Waals surface area contributed by atoms with Crippen LogP contribution in [-0.4, -0.2) is 50.1 Å². The van der Waals surface area contributed by atoms with E-state index < -0.39 is 0 Å². The molecule has 1 saturated carbocycles. The van der Waals surface area contributed by atoms with Gasteiger partial charge in [0.15, 0.2) is 0 Å². The Kier molecular flexibility index (Phi) is 3.57. The van der Waals surface area contributed by atoms with E-state index in [1.54, 1.807) is 0 Å². The average molecular weight is 238 g/mol. The van der Waals surface area contributed by atoms with Crippen molar-refractivity contribution in [3.63, 3.8) is 0 Å². The molecule has 2 heteroatoms. The molecule has 0 N–H and O–H groups in total. The Bertz CT molecular complexity index is 272. The van der Waals surface area contributed by atoms with Crippen LogP contribution in [0.15, 0.2) is 0 Å². The highest BCUT2D eigenvalue weighted by Gasteiger charge is 2.54. The van der Waals surface area contributed by atoms with Gasteiger partial charge in [0.05, 0.1) is 0 Å². The zero-order valence-electron chi connectivity index (χ0n) is 12.4. The maximum absolute atomic E-state index is 2.73. The van der Waals surface area contributed by atoms with Crippen LogP contribution in [0.4, 0.5) is 0 Å². The smallest absolute Gasteiger partial charge is 0.00407 e. The van der Waals surface area contributed by atoms with Gasteiger partial charge < -0.3 is 9.80 Å². The molecule has 1 heterocycles. The van der Waals surface area contributed by atoms with Crippen LogP contribution in [0, 0.1) is 16.7 Å². The minimum Gasteiger partial charge on any atom is -0.309 e.